The van der Waals surface area contributed by atoms with E-state index in [4.69, 9.17) is 0 Å². The third kappa shape index (κ3) is 3.57. The van der Waals surface area contributed by atoms with Crippen LogP contribution in [0.4, 0.5) is 16.2 Å². The molecule has 0 aliphatic carbocycles. The van der Waals surface area contributed by atoms with Crippen LogP contribution < -0.4 is 10.2 Å². The first-order chi connectivity index (χ1) is 10.5. The Morgan fingerprint density at radius 3 is 2.82 bits per heavy atom. The fourth-order valence-corrected chi connectivity index (χ4v) is 1.92. The highest BCUT2D eigenvalue weighted by Crippen LogP contribution is 2.24. The molecule has 1 heterocycles. The molecule has 0 aliphatic rings. The number of benzene rings is 1. The molecule has 0 atom stereocenters. The maximum Gasteiger partial charge on any atom is 0.321 e. The highest BCUT2D eigenvalue weighted by atomic mass is 16.6. The second kappa shape index (κ2) is 6.66. The number of aryl methyl sites for hydroxylation is 1. The Balaban J connectivity index is 2.07. The number of nitrogens with zero attached hydrogens (tertiary/aromatic N) is 3. The number of hydrogen-bond acceptors (Lipinski definition) is 4. The molecule has 114 valence electrons. The van der Waals surface area contributed by atoms with E-state index in [1.807, 2.05) is 6.07 Å². The molecule has 22 heavy (non-hydrogen) atoms. The second-order valence-electron chi connectivity index (χ2n) is 4.81. The van der Waals surface area contributed by atoms with Gasteiger partial charge in [0.15, 0.2) is 0 Å². The summed E-state index contributed by atoms with van der Waals surface area (Å²) < 4.78 is 0. The summed E-state index contributed by atoms with van der Waals surface area (Å²) in [6, 6.07) is 7.98. The molecule has 0 bridgehead atoms. The van der Waals surface area contributed by atoms with E-state index in [1.165, 1.54) is 11.0 Å². The van der Waals surface area contributed by atoms with E-state index in [1.54, 1.807) is 44.6 Å². The number of rotatable bonds is 4. The van der Waals surface area contributed by atoms with Crippen LogP contribution in [-0.4, -0.2) is 23.0 Å². The Bertz CT molecular complexity index is 688. The molecular formula is C15H16N4O3. The van der Waals surface area contributed by atoms with Crippen molar-refractivity contribution in [1.29, 1.82) is 0 Å². The minimum Gasteiger partial charge on any atom is -0.334 e. The van der Waals surface area contributed by atoms with Crippen LogP contribution in [0.5, 0.6) is 0 Å². The fraction of sp³-hybridized carbons (Fsp3) is 0.200. The van der Waals surface area contributed by atoms with Gasteiger partial charge in [-0.3, -0.25) is 20.0 Å². The highest BCUT2D eigenvalue weighted by molar-refractivity contribution is 5.91. The number of nitro groups is 1. The second-order valence-corrected chi connectivity index (χ2v) is 4.81. The average molecular weight is 300 g/mol. The van der Waals surface area contributed by atoms with Gasteiger partial charge in [-0.1, -0.05) is 12.1 Å². The SMILES string of the molecule is Cc1ccc(N(C)C(=O)NCc2cccnc2)cc1[N+](=O)[O-]. The van der Waals surface area contributed by atoms with E-state index in [9.17, 15) is 14.9 Å². The third-order valence-electron chi connectivity index (χ3n) is 3.25. The molecule has 7 heteroatoms. The molecule has 2 aromatic rings. The normalized spacial score (nSPS) is 10.1. The Kier molecular flexibility index (Phi) is 4.67. The molecule has 1 aromatic heterocycles. The quantitative estimate of drug-likeness (QED) is 0.694. The first kappa shape index (κ1) is 15.4. The minimum atomic E-state index is -0.458. The van der Waals surface area contributed by atoms with Crippen molar-refractivity contribution >= 4 is 17.4 Å². The summed E-state index contributed by atoms with van der Waals surface area (Å²) in [6.45, 7) is 2.00. The van der Waals surface area contributed by atoms with Gasteiger partial charge in [-0.2, -0.15) is 0 Å². The van der Waals surface area contributed by atoms with E-state index in [0.717, 1.165) is 5.56 Å². The first-order valence-corrected chi connectivity index (χ1v) is 6.64. The molecule has 2 amide bonds. The topological polar surface area (TPSA) is 88.4 Å². The highest BCUT2D eigenvalue weighted by Gasteiger charge is 2.16. The number of hydrogen-bond donors (Lipinski definition) is 1. The zero-order chi connectivity index (χ0) is 16.1. The summed E-state index contributed by atoms with van der Waals surface area (Å²) in [4.78, 5) is 27.9. The number of aromatic nitrogens is 1. The number of amides is 2. The Labute approximate surface area is 127 Å². The zero-order valence-corrected chi connectivity index (χ0v) is 12.3. The Morgan fingerprint density at radius 2 is 2.18 bits per heavy atom. The molecule has 0 saturated heterocycles. The van der Waals surface area contributed by atoms with Crippen LogP contribution in [0, 0.1) is 17.0 Å². The van der Waals surface area contributed by atoms with Gasteiger partial charge in [0.05, 0.1) is 10.6 Å². The molecule has 2 rings (SSSR count). The van der Waals surface area contributed by atoms with Crippen LogP contribution in [0.25, 0.3) is 0 Å². The van der Waals surface area contributed by atoms with Crippen LogP contribution >= 0.6 is 0 Å². The monoisotopic (exact) mass is 300 g/mol. The van der Waals surface area contributed by atoms with Crippen molar-refractivity contribution in [2.24, 2.45) is 0 Å². The van der Waals surface area contributed by atoms with E-state index in [2.05, 4.69) is 10.3 Å². The molecule has 0 aliphatic heterocycles. The lowest BCUT2D eigenvalue weighted by Crippen LogP contribution is -2.36. The number of carbonyl (C=O) groups excluding carboxylic acids is 1. The summed E-state index contributed by atoms with van der Waals surface area (Å²) in [5.74, 6) is 0. The van der Waals surface area contributed by atoms with Crippen LogP contribution in [0.1, 0.15) is 11.1 Å². The van der Waals surface area contributed by atoms with Crippen LogP contribution in [0.3, 0.4) is 0 Å². The number of nitrogens with one attached hydrogen (secondary N) is 1. The van der Waals surface area contributed by atoms with Crippen molar-refractivity contribution in [2.45, 2.75) is 13.5 Å². The Morgan fingerprint density at radius 1 is 1.41 bits per heavy atom. The van der Waals surface area contributed by atoms with E-state index >= 15 is 0 Å². The molecule has 7 nitrogen and oxygen atoms in total. The molecule has 0 unspecified atom stereocenters. The Hall–Kier alpha value is -2.96. The van der Waals surface area contributed by atoms with E-state index in [-0.39, 0.29) is 11.7 Å². The number of nitro benzene ring substituents is 1. The van der Waals surface area contributed by atoms with Gasteiger partial charge in [-0.25, -0.2) is 4.79 Å². The maximum absolute atomic E-state index is 12.1. The third-order valence-corrected chi connectivity index (χ3v) is 3.25. The van der Waals surface area contributed by atoms with Crippen molar-refractivity contribution in [1.82, 2.24) is 10.3 Å². The molecule has 0 radical (unpaired) electrons. The molecule has 0 saturated carbocycles. The van der Waals surface area contributed by atoms with Gasteiger partial charge in [0.2, 0.25) is 0 Å². The van der Waals surface area contributed by atoms with Crippen LogP contribution in [0.15, 0.2) is 42.7 Å². The lowest BCUT2D eigenvalue weighted by Gasteiger charge is -2.18. The van der Waals surface area contributed by atoms with Gasteiger partial charge in [0.25, 0.3) is 5.69 Å². The predicted octanol–water partition coefficient (Wildman–Crippen LogP) is 2.64. The standard InChI is InChI=1S/C15H16N4O3/c1-11-5-6-13(8-14(11)19(21)22)18(2)15(20)17-10-12-4-3-7-16-9-12/h3-9H,10H2,1-2H3,(H,17,20). The minimum absolute atomic E-state index is 0.00981. The van der Waals surface area contributed by atoms with Gasteiger partial charge < -0.3 is 5.32 Å². The van der Waals surface area contributed by atoms with Gasteiger partial charge >= 0.3 is 6.03 Å². The fourth-order valence-electron chi connectivity index (χ4n) is 1.92. The van der Waals surface area contributed by atoms with Crippen LogP contribution in [-0.2, 0) is 6.54 Å². The van der Waals surface area contributed by atoms with Gasteiger partial charge in [-0.15, -0.1) is 0 Å². The average Bonchev–Trinajstić information content (AvgIpc) is 2.53. The van der Waals surface area contributed by atoms with Gasteiger partial charge in [-0.05, 0) is 24.6 Å². The zero-order valence-electron chi connectivity index (χ0n) is 12.3. The summed E-state index contributed by atoms with van der Waals surface area (Å²) in [5.41, 5.74) is 1.88. The lowest BCUT2D eigenvalue weighted by atomic mass is 10.2. The number of carbonyl (C=O) groups is 1. The number of anilines is 1. The van der Waals surface area contributed by atoms with Crippen LogP contribution in [0.2, 0.25) is 0 Å². The van der Waals surface area contributed by atoms with Gasteiger partial charge in [0, 0.05) is 37.6 Å². The lowest BCUT2D eigenvalue weighted by molar-refractivity contribution is -0.385. The molecule has 0 fully saturated rings. The summed E-state index contributed by atoms with van der Waals surface area (Å²) in [5, 5.41) is 13.7. The predicted molar refractivity (Wildman–Crippen MR) is 82.7 cm³/mol. The van der Waals surface area contributed by atoms with Crippen molar-refractivity contribution in [3.8, 4) is 0 Å². The first-order valence-electron chi connectivity index (χ1n) is 6.64. The van der Waals surface area contributed by atoms with Crippen molar-refractivity contribution in [3.63, 3.8) is 0 Å². The van der Waals surface area contributed by atoms with E-state index < -0.39 is 4.92 Å². The summed E-state index contributed by atoms with van der Waals surface area (Å²) in [7, 11) is 1.56. The molecule has 1 N–H and O–H groups in total. The molecule has 0 spiro atoms. The van der Waals surface area contributed by atoms with Crippen molar-refractivity contribution < 1.29 is 9.72 Å². The summed E-state index contributed by atoms with van der Waals surface area (Å²) in [6.07, 6.45) is 3.32. The number of urea groups is 1. The van der Waals surface area contributed by atoms with Gasteiger partial charge in [0.1, 0.15) is 0 Å². The van der Waals surface area contributed by atoms with Crippen molar-refractivity contribution in [2.75, 3.05) is 11.9 Å². The largest absolute Gasteiger partial charge is 0.334 e. The maximum atomic E-state index is 12.1. The number of pyridine rings is 1. The summed E-state index contributed by atoms with van der Waals surface area (Å²) >= 11 is 0. The van der Waals surface area contributed by atoms with E-state index in [0.29, 0.717) is 17.8 Å². The smallest absolute Gasteiger partial charge is 0.321 e. The molecular weight excluding hydrogens is 284 g/mol. The van der Waals surface area contributed by atoms with Crippen molar-refractivity contribution in [3.05, 3.63) is 64.0 Å². The molecule has 1 aromatic carbocycles.